The van der Waals surface area contributed by atoms with E-state index in [9.17, 15) is 18.0 Å². The quantitative estimate of drug-likeness (QED) is 0.813. The van der Waals surface area contributed by atoms with E-state index < -0.39 is 28.3 Å². The molecule has 0 atom stereocenters. The number of fused-ring (bicyclic) bond motifs is 1. The molecular formula is C19H19NO5S. The average Bonchev–Trinajstić information content (AvgIpc) is 3.07. The Labute approximate surface area is 152 Å². The van der Waals surface area contributed by atoms with Gasteiger partial charge in [-0.3, -0.25) is 4.79 Å². The molecule has 0 aliphatic heterocycles. The fraction of sp³-hybridized carbons (Fsp3) is 0.263. The lowest BCUT2D eigenvalue weighted by molar-refractivity contribution is -0.119. The SMILES string of the molecule is CS(=O)(=O)c1cccc(NC(=O)COC(=O)c2ccc3c(c2)CCC3)c1. The van der Waals surface area contributed by atoms with Crippen molar-refractivity contribution in [3.8, 4) is 0 Å². The van der Waals surface area contributed by atoms with Gasteiger partial charge in [0.15, 0.2) is 16.4 Å². The zero-order chi connectivity index (χ0) is 18.7. The summed E-state index contributed by atoms with van der Waals surface area (Å²) in [5.41, 5.74) is 3.16. The van der Waals surface area contributed by atoms with Crippen LogP contribution in [0.3, 0.4) is 0 Å². The molecule has 6 nitrogen and oxygen atoms in total. The fourth-order valence-electron chi connectivity index (χ4n) is 2.91. The lowest BCUT2D eigenvalue weighted by Crippen LogP contribution is -2.21. The van der Waals surface area contributed by atoms with Crippen molar-refractivity contribution in [2.24, 2.45) is 0 Å². The molecule has 0 spiro atoms. The van der Waals surface area contributed by atoms with Crippen LogP contribution in [-0.2, 0) is 32.2 Å². The van der Waals surface area contributed by atoms with E-state index in [4.69, 9.17) is 4.74 Å². The number of sulfone groups is 1. The summed E-state index contributed by atoms with van der Waals surface area (Å²) in [7, 11) is -3.36. The van der Waals surface area contributed by atoms with Crippen LogP contribution < -0.4 is 5.32 Å². The Bertz CT molecular complexity index is 966. The number of hydrogen-bond acceptors (Lipinski definition) is 5. The van der Waals surface area contributed by atoms with Crippen LogP contribution in [0.5, 0.6) is 0 Å². The summed E-state index contributed by atoms with van der Waals surface area (Å²) in [6.07, 6.45) is 4.16. The molecule has 0 heterocycles. The Kier molecular flexibility index (Phi) is 5.08. The molecule has 136 valence electrons. The summed E-state index contributed by atoms with van der Waals surface area (Å²) in [4.78, 5) is 24.2. The number of esters is 1. The molecule has 1 aliphatic carbocycles. The number of aryl methyl sites for hydroxylation is 2. The molecule has 0 bridgehead atoms. The molecule has 1 N–H and O–H groups in total. The van der Waals surface area contributed by atoms with Crippen molar-refractivity contribution in [1.29, 1.82) is 0 Å². The highest BCUT2D eigenvalue weighted by Gasteiger charge is 2.16. The van der Waals surface area contributed by atoms with Crippen LogP contribution in [0.4, 0.5) is 5.69 Å². The predicted octanol–water partition coefficient (Wildman–Crippen LogP) is 2.37. The maximum Gasteiger partial charge on any atom is 0.338 e. The molecule has 0 aromatic heterocycles. The molecule has 1 amide bonds. The van der Waals surface area contributed by atoms with Crippen molar-refractivity contribution in [3.63, 3.8) is 0 Å². The van der Waals surface area contributed by atoms with Gasteiger partial charge < -0.3 is 10.1 Å². The zero-order valence-electron chi connectivity index (χ0n) is 14.3. The third-order valence-corrected chi connectivity index (χ3v) is 5.32. The molecule has 0 saturated heterocycles. The summed E-state index contributed by atoms with van der Waals surface area (Å²) in [6, 6.07) is 11.3. The van der Waals surface area contributed by atoms with Crippen LogP contribution >= 0.6 is 0 Å². The second-order valence-electron chi connectivity index (χ2n) is 6.26. The van der Waals surface area contributed by atoms with Crippen molar-refractivity contribution in [2.45, 2.75) is 24.2 Å². The van der Waals surface area contributed by atoms with Gasteiger partial charge >= 0.3 is 5.97 Å². The van der Waals surface area contributed by atoms with Gasteiger partial charge in [-0.05, 0) is 60.7 Å². The smallest absolute Gasteiger partial charge is 0.338 e. The highest BCUT2D eigenvalue weighted by atomic mass is 32.2. The number of nitrogens with one attached hydrogen (secondary N) is 1. The maximum atomic E-state index is 12.1. The molecule has 2 aromatic carbocycles. The summed E-state index contributed by atoms with van der Waals surface area (Å²) in [5.74, 6) is -1.09. The summed E-state index contributed by atoms with van der Waals surface area (Å²) in [6.45, 7) is -0.445. The molecule has 0 unspecified atom stereocenters. The topological polar surface area (TPSA) is 89.5 Å². The largest absolute Gasteiger partial charge is 0.452 e. The van der Waals surface area contributed by atoms with Gasteiger partial charge in [-0.1, -0.05) is 12.1 Å². The normalized spacial score (nSPS) is 13.1. The standard InChI is InChI=1S/C19H19NO5S/c1-26(23,24)17-7-3-6-16(11-17)20-18(21)12-25-19(22)15-9-8-13-4-2-5-14(13)10-15/h3,6-11H,2,4-5,12H2,1H3,(H,20,21). The molecule has 0 saturated carbocycles. The van der Waals surface area contributed by atoms with Gasteiger partial charge in [-0.25, -0.2) is 13.2 Å². The van der Waals surface area contributed by atoms with Crippen molar-refractivity contribution in [2.75, 3.05) is 18.2 Å². The summed E-state index contributed by atoms with van der Waals surface area (Å²) in [5, 5.41) is 2.52. The minimum Gasteiger partial charge on any atom is -0.452 e. The molecule has 3 rings (SSSR count). The van der Waals surface area contributed by atoms with Crippen LogP contribution in [-0.4, -0.2) is 33.2 Å². The Morgan fingerprint density at radius 1 is 1.08 bits per heavy atom. The van der Waals surface area contributed by atoms with Crippen molar-refractivity contribution in [3.05, 3.63) is 59.2 Å². The number of rotatable bonds is 5. The first-order valence-corrected chi connectivity index (χ1v) is 10.1. The molecular weight excluding hydrogens is 354 g/mol. The highest BCUT2D eigenvalue weighted by molar-refractivity contribution is 7.90. The number of carbonyl (C=O) groups is 2. The molecule has 2 aromatic rings. The van der Waals surface area contributed by atoms with Crippen LogP contribution in [0, 0.1) is 0 Å². The summed E-state index contributed by atoms with van der Waals surface area (Å²) < 4.78 is 28.1. The second-order valence-corrected chi connectivity index (χ2v) is 8.28. The number of anilines is 1. The lowest BCUT2D eigenvalue weighted by Gasteiger charge is -2.08. The van der Waals surface area contributed by atoms with Crippen molar-refractivity contribution in [1.82, 2.24) is 0 Å². The highest BCUT2D eigenvalue weighted by Crippen LogP contribution is 2.23. The van der Waals surface area contributed by atoms with Gasteiger partial charge in [0.2, 0.25) is 0 Å². The number of amides is 1. The minimum absolute atomic E-state index is 0.102. The molecule has 26 heavy (non-hydrogen) atoms. The number of benzene rings is 2. The van der Waals surface area contributed by atoms with Crippen LogP contribution in [0.15, 0.2) is 47.4 Å². The maximum absolute atomic E-state index is 12.1. The average molecular weight is 373 g/mol. The van der Waals surface area contributed by atoms with E-state index in [0.717, 1.165) is 31.1 Å². The third-order valence-electron chi connectivity index (χ3n) is 4.21. The molecule has 0 radical (unpaired) electrons. The van der Waals surface area contributed by atoms with E-state index in [0.29, 0.717) is 11.3 Å². The Balaban J connectivity index is 1.58. The molecule has 1 aliphatic rings. The minimum atomic E-state index is -3.36. The van der Waals surface area contributed by atoms with Gasteiger partial charge in [0.05, 0.1) is 10.5 Å². The van der Waals surface area contributed by atoms with Crippen molar-refractivity contribution >= 4 is 27.4 Å². The van der Waals surface area contributed by atoms with Crippen LogP contribution in [0.25, 0.3) is 0 Å². The van der Waals surface area contributed by atoms with Gasteiger partial charge in [0, 0.05) is 11.9 Å². The van der Waals surface area contributed by atoms with E-state index in [1.807, 2.05) is 12.1 Å². The Morgan fingerprint density at radius 3 is 2.62 bits per heavy atom. The number of hydrogen-bond donors (Lipinski definition) is 1. The number of ether oxygens (including phenoxy) is 1. The van der Waals surface area contributed by atoms with E-state index in [2.05, 4.69) is 5.32 Å². The Morgan fingerprint density at radius 2 is 1.85 bits per heavy atom. The molecule has 7 heteroatoms. The monoisotopic (exact) mass is 373 g/mol. The summed E-state index contributed by atoms with van der Waals surface area (Å²) >= 11 is 0. The first-order chi connectivity index (χ1) is 12.3. The molecule has 0 fully saturated rings. The number of carbonyl (C=O) groups excluding carboxylic acids is 2. The van der Waals surface area contributed by atoms with Crippen LogP contribution in [0.2, 0.25) is 0 Å². The van der Waals surface area contributed by atoms with Gasteiger partial charge in [0.25, 0.3) is 5.91 Å². The second kappa shape index (κ2) is 7.29. The third kappa shape index (κ3) is 4.29. The van der Waals surface area contributed by atoms with Crippen molar-refractivity contribution < 1.29 is 22.7 Å². The van der Waals surface area contributed by atoms with E-state index in [1.165, 1.54) is 23.8 Å². The fourth-order valence-corrected chi connectivity index (χ4v) is 3.58. The first kappa shape index (κ1) is 18.1. The van der Waals surface area contributed by atoms with Gasteiger partial charge in [-0.2, -0.15) is 0 Å². The van der Waals surface area contributed by atoms with E-state index >= 15 is 0 Å². The zero-order valence-corrected chi connectivity index (χ0v) is 15.1. The van der Waals surface area contributed by atoms with Gasteiger partial charge in [0.1, 0.15) is 0 Å². The van der Waals surface area contributed by atoms with E-state index in [-0.39, 0.29) is 4.90 Å². The van der Waals surface area contributed by atoms with Crippen LogP contribution in [0.1, 0.15) is 27.9 Å². The van der Waals surface area contributed by atoms with Gasteiger partial charge in [-0.15, -0.1) is 0 Å². The lowest BCUT2D eigenvalue weighted by atomic mass is 10.1. The van der Waals surface area contributed by atoms with E-state index in [1.54, 1.807) is 12.1 Å². The Hall–Kier alpha value is -2.67. The first-order valence-electron chi connectivity index (χ1n) is 8.22. The predicted molar refractivity (Wildman–Crippen MR) is 96.9 cm³/mol.